The van der Waals surface area contributed by atoms with Crippen molar-refractivity contribution in [2.75, 3.05) is 67.1 Å². The van der Waals surface area contributed by atoms with Crippen LogP contribution in [0.3, 0.4) is 0 Å². The molecule has 0 saturated carbocycles. The molecular weight excluding hydrogens is 364 g/mol. The van der Waals surface area contributed by atoms with Gasteiger partial charge in [0.25, 0.3) is 0 Å². The number of halogens is 1. The SMILES string of the molecule is O=CN1CCN(c2cc(N3CCN(c4cccc(Cl)c4)CC3)ncn2)CC1. The van der Waals surface area contributed by atoms with Gasteiger partial charge in [0.15, 0.2) is 0 Å². The van der Waals surface area contributed by atoms with Gasteiger partial charge in [0.05, 0.1) is 0 Å². The zero-order chi connectivity index (χ0) is 18.6. The first-order valence-electron chi connectivity index (χ1n) is 9.25. The molecule has 3 heterocycles. The van der Waals surface area contributed by atoms with Crippen molar-refractivity contribution >= 4 is 35.3 Å². The van der Waals surface area contributed by atoms with Crippen LogP contribution in [0.5, 0.6) is 0 Å². The van der Waals surface area contributed by atoms with Crippen molar-refractivity contribution in [1.82, 2.24) is 14.9 Å². The van der Waals surface area contributed by atoms with Crippen LogP contribution in [-0.4, -0.2) is 73.6 Å². The van der Waals surface area contributed by atoms with E-state index < -0.39 is 0 Å². The Morgan fingerprint density at radius 2 is 1.41 bits per heavy atom. The summed E-state index contributed by atoms with van der Waals surface area (Å²) in [5, 5.41) is 0.769. The number of amides is 1. The van der Waals surface area contributed by atoms with Gasteiger partial charge >= 0.3 is 0 Å². The summed E-state index contributed by atoms with van der Waals surface area (Å²) in [5.41, 5.74) is 1.17. The van der Waals surface area contributed by atoms with Crippen LogP contribution >= 0.6 is 11.6 Å². The Morgan fingerprint density at radius 3 is 2.00 bits per heavy atom. The molecule has 1 amide bonds. The second kappa shape index (κ2) is 8.00. The van der Waals surface area contributed by atoms with Crippen molar-refractivity contribution in [2.24, 2.45) is 0 Å². The number of aromatic nitrogens is 2. The van der Waals surface area contributed by atoms with Gasteiger partial charge in [0.1, 0.15) is 18.0 Å². The standard InChI is InChI=1S/C19H23ClN6O/c20-16-2-1-3-17(12-16)24-8-10-26(11-9-24)19-13-18(21-14-22-19)25-6-4-23(15-27)5-7-25/h1-3,12-15H,4-11H2. The summed E-state index contributed by atoms with van der Waals surface area (Å²) >= 11 is 6.12. The highest BCUT2D eigenvalue weighted by molar-refractivity contribution is 6.30. The van der Waals surface area contributed by atoms with Gasteiger partial charge in [0, 0.05) is 69.1 Å². The quantitative estimate of drug-likeness (QED) is 0.746. The predicted molar refractivity (Wildman–Crippen MR) is 108 cm³/mol. The van der Waals surface area contributed by atoms with Crippen molar-refractivity contribution in [1.29, 1.82) is 0 Å². The topological polar surface area (TPSA) is 55.8 Å². The molecule has 1 aromatic carbocycles. The highest BCUT2D eigenvalue weighted by atomic mass is 35.5. The maximum absolute atomic E-state index is 10.9. The second-order valence-corrected chi connectivity index (χ2v) is 7.25. The van der Waals surface area contributed by atoms with E-state index in [0.717, 1.165) is 75.4 Å². The number of rotatable bonds is 4. The van der Waals surface area contributed by atoms with Gasteiger partial charge in [-0.3, -0.25) is 4.79 Å². The summed E-state index contributed by atoms with van der Waals surface area (Å²) in [6, 6.07) is 10.1. The van der Waals surface area contributed by atoms with Gasteiger partial charge in [-0.2, -0.15) is 0 Å². The lowest BCUT2D eigenvalue weighted by Gasteiger charge is -2.37. The zero-order valence-electron chi connectivity index (χ0n) is 15.2. The number of carbonyl (C=O) groups excluding carboxylic acids is 1. The second-order valence-electron chi connectivity index (χ2n) is 6.82. The lowest BCUT2D eigenvalue weighted by molar-refractivity contribution is -0.118. The highest BCUT2D eigenvalue weighted by Gasteiger charge is 2.21. The summed E-state index contributed by atoms with van der Waals surface area (Å²) < 4.78 is 0. The molecule has 0 N–H and O–H groups in total. The first-order valence-corrected chi connectivity index (χ1v) is 9.62. The number of piperazine rings is 2. The molecule has 7 nitrogen and oxygen atoms in total. The van der Waals surface area contributed by atoms with Gasteiger partial charge in [-0.05, 0) is 18.2 Å². The van der Waals surface area contributed by atoms with E-state index in [1.54, 1.807) is 11.2 Å². The molecule has 142 valence electrons. The fourth-order valence-corrected chi connectivity index (χ4v) is 3.79. The number of hydrogen-bond donors (Lipinski definition) is 0. The molecule has 0 aliphatic carbocycles. The minimum absolute atomic E-state index is 0.737. The molecule has 0 radical (unpaired) electrons. The molecule has 2 aliphatic heterocycles. The minimum Gasteiger partial charge on any atom is -0.368 e. The Kier molecular flexibility index (Phi) is 5.29. The fraction of sp³-hybridized carbons (Fsp3) is 0.421. The third kappa shape index (κ3) is 4.08. The summed E-state index contributed by atoms with van der Waals surface area (Å²) in [4.78, 5) is 28.5. The lowest BCUT2D eigenvalue weighted by atomic mass is 10.2. The van der Waals surface area contributed by atoms with Crippen LogP contribution in [-0.2, 0) is 4.79 Å². The normalized spacial score (nSPS) is 18.0. The van der Waals surface area contributed by atoms with Crippen LogP contribution < -0.4 is 14.7 Å². The Hall–Kier alpha value is -2.54. The molecule has 2 saturated heterocycles. The van der Waals surface area contributed by atoms with Gasteiger partial charge < -0.3 is 19.6 Å². The Labute approximate surface area is 164 Å². The van der Waals surface area contributed by atoms with Crippen molar-refractivity contribution in [2.45, 2.75) is 0 Å². The smallest absolute Gasteiger partial charge is 0.209 e. The molecule has 27 heavy (non-hydrogen) atoms. The predicted octanol–water partition coefficient (Wildman–Crippen LogP) is 1.73. The maximum Gasteiger partial charge on any atom is 0.209 e. The molecule has 0 spiro atoms. The molecule has 4 rings (SSSR count). The maximum atomic E-state index is 10.9. The van der Waals surface area contributed by atoms with Crippen LogP contribution in [0.1, 0.15) is 0 Å². The zero-order valence-corrected chi connectivity index (χ0v) is 15.9. The number of carbonyl (C=O) groups is 1. The van der Waals surface area contributed by atoms with Crippen LogP contribution in [0, 0.1) is 0 Å². The fourth-order valence-electron chi connectivity index (χ4n) is 3.61. The van der Waals surface area contributed by atoms with E-state index in [1.807, 2.05) is 18.2 Å². The molecule has 8 heteroatoms. The summed E-state index contributed by atoms with van der Waals surface area (Å²) in [7, 11) is 0. The Morgan fingerprint density at radius 1 is 0.815 bits per heavy atom. The number of hydrogen-bond acceptors (Lipinski definition) is 6. The first-order chi connectivity index (χ1) is 13.2. The summed E-state index contributed by atoms with van der Waals surface area (Å²) in [5.74, 6) is 1.89. The molecule has 2 aromatic rings. The van der Waals surface area contributed by atoms with Crippen molar-refractivity contribution in [3.05, 3.63) is 41.7 Å². The molecule has 2 fully saturated rings. The van der Waals surface area contributed by atoms with E-state index in [4.69, 9.17) is 11.6 Å². The number of anilines is 3. The molecule has 1 aromatic heterocycles. The molecule has 0 atom stereocenters. The van der Waals surface area contributed by atoms with Gasteiger partial charge in [0.2, 0.25) is 6.41 Å². The van der Waals surface area contributed by atoms with Crippen LogP contribution in [0.2, 0.25) is 5.02 Å². The average molecular weight is 387 g/mol. The Balaban J connectivity index is 1.39. The third-order valence-corrected chi connectivity index (χ3v) is 5.44. The molecule has 2 aliphatic rings. The average Bonchev–Trinajstić information content (AvgIpc) is 2.74. The van der Waals surface area contributed by atoms with E-state index in [0.29, 0.717) is 0 Å². The first kappa shape index (κ1) is 17.9. The lowest BCUT2D eigenvalue weighted by Crippen LogP contribution is -2.47. The van der Waals surface area contributed by atoms with E-state index in [-0.39, 0.29) is 0 Å². The number of benzene rings is 1. The van der Waals surface area contributed by atoms with Crippen molar-refractivity contribution in [3.63, 3.8) is 0 Å². The monoisotopic (exact) mass is 386 g/mol. The van der Waals surface area contributed by atoms with E-state index >= 15 is 0 Å². The van der Waals surface area contributed by atoms with Gasteiger partial charge in [-0.15, -0.1) is 0 Å². The summed E-state index contributed by atoms with van der Waals surface area (Å²) in [6.07, 6.45) is 2.56. The minimum atomic E-state index is 0.737. The molecule has 0 unspecified atom stereocenters. The van der Waals surface area contributed by atoms with E-state index in [9.17, 15) is 4.79 Å². The molecule has 0 bridgehead atoms. The van der Waals surface area contributed by atoms with Gasteiger partial charge in [-0.1, -0.05) is 17.7 Å². The molecular formula is C19H23ClN6O. The number of nitrogens with zero attached hydrogens (tertiary/aromatic N) is 6. The van der Waals surface area contributed by atoms with E-state index in [2.05, 4.69) is 36.8 Å². The third-order valence-electron chi connectivity index (χ3n) is 5.20. The Bertz CT molecular complexity index is 787. The highest BCUT2D eigenvalue weighted by Crippen LogP contribution is 2.24. The van der Waals surface area contributed by atoms with Crippen LogP contribution in [0.25, 0.3) is 0 Å². The largest absolute Gasteiger partial charge is 0.368 e. The van der Waals surface area contributed by atoms with Crippen molar-refractivity contribution < 1.29 is 4.79 Å². The van der Waals surface area contributed by atoms with Crippen LogP contribution in [0.4, 0.5) is 17.3 Å². The van der Waals surface area contributed by atoms with Crippen LogP contribution in [0.15, 0.2) is 36.7 Å². The summed E-state index contributed by atoms with van der Waals surface area (Å²) in [6.45, 7) is 6.75. The van der Waals surface area contributed by atoms with E-state index in [1.165, 1.54) is 5.69 Å². The van der Waals surface area contributed by atoms with Gasteiger partial charge in [-0.25, -0.2) is 9.97 Å². The van der Waals surface area contributed by atoms with Crippen molar-refractivity contribution in [3.8, 4) is 0 Å².